The van der Waals surface area contributed by atoms with Crippen LogP contribution >= 0.6 is 0 Å². The van der Waals surface area contributed by atoms with Crippen LogP contribution in [0.4, 0.5) is 0 Å². The number of aliphatic imine (C=N–C) groups is 1. The minimum atomic E-state index is -3.33. The molecule has 7 rings (SSSR count). The second kappa shape index (κ2) is 9.80. The molecular formula is C31H34N4O5S. The van der Waals surface area contributed by atoms with Crippen LogP contribution < -0.4 is 0 Å². The van der Waals surface area contributed by atoms with E-state index in [-0.39, 0.29) is 36.7 Å². The quantitative estimate of drug-likeness (QED) is 0.446. The summed E-state index contributed by atoms with van der Waals surface area (Å²) in [6.07, 6.45) is 6.45. The van der Waals surface area contributed by atoms with Crippen molar-refractivity contribution in [2.75, 3.05) is 39.0 Å². The molecule has 3 fully saturated rings. The summed E-state index contributed by atoms with van der Waals surface area (Å²) in [5.74, 6) is 1.21. The first kappa shape index (κ1) is 26.4. The smallest absolute Gasteiger partial charge is 0.256 e. The molecule has 1 atom stereocenters. The average Bonchev–Trinajstić information content (AvgIpc) is 3.43. The molecule has 3 aromatic rings. The maximum absolute atomic E-state index is 14.1. The van der Waals surface area contributed by atoms with Crippen molar-refractivity contribution in [2.45, 2.75) is 37.6 Å². The SMILES string of the molecule is CS(=O)(=O)N1CCC2(CC1)N=C(c1ccc(-c3ccc4occc4c3)cc1)N(CC1CCN(C(=O)C3CC3)C1)C2=O. The third kappa shape index (κ3) is 4.86. The highest BCUT2D eigenvalue weighted by Crippen LogP contribution is 2.38. The number of piperidine rings is 1. The van der Waals surface area contributed by atoms with Gasteiger partial charge in [0.2, 0.25) is 15.9 Å². The summed E-state index contributed by atoms with van der Waals surface area (Å²) < 4.78 is 31.2. The van der Waals surface area contributed by atoms with Gasteiger partial charge in [-0.2, -0.15) is 0 Å². The lowest BCUT2D eigenvalue weighted by molar-refractivity contribution is -0.132. The summed E-state index contributed by atoms with van der Waals surface area (Å²) in [4.78, 5) is 35.6. The van der Waals surface area contributed by atoms with Gasteiger partial charge in [-0.25, -0.2) is 12.7 Å². The number of amidine groups is 1. The van der Waals surface area contributed by atoms with E-state index in [4.69, 9.17) is 9.41 Å². The van der Waals surface area contributed by atoms with Crippen LogP contribution in [0.5, 0.6) is 0 Å². The van der Waals surface area contributed by atoms with Gasteiger partial charge in [-0.1, -0.05) is 30.3 Å². The molecule has 2 aromatic carbocycles. The topological polar surface area (TPSA) is 104 Å². The maximum atomic E-state index is 14.1. The van der Waals surface area contributed by atoms with Gasteiger partial charge >= 0.3 is 0 Å². The number of likely N-dealkylation sites (tertiary alicyclic amines) is 1. The molecule has 10 heteroatoms. The third-order valence-electron chi connectivity index (χ3n) is 9.13. The maximum Gasteiger partial charge on any atom is 0.256 e. The first-order chi connectivity index (χ1) is 19.7. The second-order valence-corrected chi connectivity index (χ2v) is 14.0. The van der Waals surface area contributed by atoms with Crippen LogP contribution in [-0.2, 0) is 19.6 Å². The zero-order valence-electron chi connectivity index (χ0n) is 23.2. The molecule has 0 radical (unpaired) electrons. The van der Waals surface area contributed by atoms with Crippen LogP contribution in [0.25, 0.3) is 22.1 Å². The van der Waals surface area contributed by atoms with Crippen molar-refractivity contribution in [1.29, 1.82) is 0 Å². The number of carbonyl (C=O) groups excluding carboxylic acids is 2. The van der Waals surface area contributed by atoms with E-state index in [1.54, 1.807) is 6.26 Å². The van der Waals surface area contributed by atoms with Crippen LogP contribution in [0.15, 0.2) is 64.2 Å². The zero-order chi connectivity index (χ0) is 28.4. The number of furan rings is 1. The molecule has 9 nitrogen and oxygen atoms in total. The van der Waals surface area contributed by atoms with Gasteiger partial charge in [0.1, 0.15) is 17.0 Å². The molecule has 4 heterocycles. The average molecular weight is 575 g/mol. The fourth-order valence-corrected chi connectivity index (χ4v) is 7.39. The third-order valence-corrected chi connectivity index (χ3v) is 10.4. The van der Waals surface area contributed by atoms with E-state index in [0.717, 1.165) is 53.5 Å². The number of rotatable bonds is 6. The van der Waals surface area contributed by atoms with Crippen molar-refractivity contribution in [1.82, 2.24) is 14.1 Å². The van der Waals surface area contributed by atoms with Crippen molar-refractivity contribution in [3.05, 3.63) is 60.4 Å². The Balaban J connectivity index is 1.16. The van der Waals surface area contributed by atoms with E-state index in [9.17, 15) is 18.0 Å². The monoisotopic (exact) mass is 574 g/mol. The van der Waals surface area contributed by atoms with Crippen molar-refractivity contribution in [2.24, 2.45) is 16.8 Å². The lowest BCUT2D eigenvalue weighted by Crippen LogP contribution is -2.51. The van der Waals surface area contributed by atoms with E-state index in [0.29, 0.717) is 31.8 Å². The molecule has 4 aliphatic rings. The molecule has 1 aromatic heterocycles. The summed E-state index contributed by atoms with van der Waals surface area (Å²) >= 11 is 0. The highest BCUT2D eigenvalue weighted by atomic mass is 32.2. The van der Waals surface area contributed by atoms with E-state index in [2.05, 4.69) is 6.07 Å². The van der Waals surface area contributed by atoms with E-state index >= 15 is 0 Å². The Kier molecular flexibility index (Phi) is 6.31. The number of hydrogen-bond acceptors (Lipinski definition) is 6. The summed E-state index contributed by atoms with van der Waals surface area (Å²) in [7, 11) is -3.33. The standard InChI is InChI=1S/C31H34N4O5S/c1-41(38,39)34-15-12-31(13-16-34)30(37)35(20-21-10-14-33(19-21)29(36)24-6-7-24)28(32-31)23-4-2-22(3-5-23)25-8-9-27-26(18-25)11-17-40-27/h2-5,8-9,11,17-18,21,24H,6-7,10,12-16,19-20H2,1H3. The number of nitrogens with zero attached hydrogens (tertiary/aromatic N) is 4. The van der Waals surface area contributed by atoms with E-state index < -0.39 is 15.6 Å². The number of amides is 2. The lowest BCUT2D eigenvalue weighted by atomic mass is 9.88. The predicted octanol–water partition coefficient (Wildman–Crippen LogP) is 3.74. The Morgan fingerprint density at radius 3 is 2.39 bits per heavy atom. The first-order valence-corrected chi connectivity index (χ1v) is 16.3. The van der Waals surface area contributed by atoms with Crippen LogP contribution in [0.3, 0.4) is 0 Å². The molecule has 1 spiro atoms. The molecule has 41 heavy (non-hydrogen) atoms. The van der Waals surface area contributed by atoms with Crippen LogP contribution in [-0.4, -0.2) is 84.7 Å². The second-order valence-electron chi connectivity index (χ2n) is 12.0. The largest absolute Gasteiger partial charge is 0.464 e. The summed E-state index contributed by atoms with van der Waals surface area (Å²) in [6.45, 7) is 2.45. The summed E-state index contributed by atoms with van der Waals surface area (Å²) in [5.41, 5.74) is 2.87. The lowest BCUT2D eigenvalue weighted by Gasteiger charge is -2.35. The first-order valence-electron chi connectivity index (χ1n) is 14.4. The van der Waals surface area contributed by atoms with Gasteiger partial charge in [-0.05, 0) is 67.3 Å². The minimum Gasteiger partial charge on any atom is -0.464 e. The number of fused-ring (bicyclic) bond motifs is 1. The van der Waals surface area contributed by atoms with Crippen LogP contribution in [0.2, 0.25) is 0 Å². The fraction of sp³-hybridized carbons (Fsp3) is 0.452. The number of benzene rings is 2. The number of carbonyl (C=O) groups is 2. The van der Waals surface area contributed by atoms with Gasteiger partial charge in [0.15, 0.2) is 0 Å². The molecule has 3 aliphatic heterocycles. The Labute approximate surface area is 239 Å². The highest BCUT2D eigenvalue weighted by molar-refractivity contribution is 7.88. The molecule has 214 valence electrons. The Bertz CT molecular complexity index is 1650. The van der Waals surface area contributed by atoms with Crippen molar-refractivity contribution in [3.8, 4) is 11.1 Å². The summed E-state index contributed by atoms with van der Waals surface area (Å²) in [6, 6.07) is 16.1. The molecule has 2 saturated heterocycles. The summed E-state index contributed by atoms with van der Waals surface area (Å²) in [5, 5.41) is 1.04. The highest BCUT2D eigenvalue weighted by Gasteiger charge is 2.51. The van der Waals surface area contributed by atoms with E-state index in [1.807, 2.05) is 52.3 Å². The van der Waals surface area contributed by atoms with Crippen molar-refractivity contribution in [3.63, 3.8) is 0 Å². The predicted molar refractivity (Wildman–Crippen MR) is 156 cm³/mol. The van der Waals surface area contributed by atoms with Gasteiger partial charge in [0, 0.05) is 49.6 Å². The zero-order valence-corrected chi connectivity index (χ0v) is 24.0. The molecule has 0 N–H and O–H groups in total. The van der Waals surface area contributed by atoms with Crippen LogP contribution in [0, 0.1) is 11.8 Å². The molecular weight excluding hydrogens is 540 g/mol. The molecule has 1 saturated carbocycles. The van der Waals surface area contributed by atoms with E-state index in [1.165, 1.54) is 10.6 Å². The number of sulfonamides is 1. The van der Waals surface area contributed by atoms with Gasteiger partial charge < -0.3 is 9.32 Å². The molecule has 1 unspecified atom stereocenters. The van der Waals surface area contributed by atoms with Gasteiger partial charge in [-0.15, -0.1) is 0 Å². The van der Waals surface area contributed by atoms with Gasteiger partial charge in [-0.3, -0.25) is 19.5 Å². The fourth-order valence-electron chi connectivity index (χ4n) is 6.55. The van der Waals surface area contributed by atoms with Gasteiger partial charge in [0.25, 0.3) is 5.91 Å². The van der Waals surface area contributed by atoms with Crippen molar-refractivity contribution < 1.29 is 22.4 Å². The Morgan fingerprint density at radius 1 is 0.976 bits per heavy atom. The Hall–Kier alpha value is -3.50. The van der Waals surface area contributed by atoms with Gasteiger partial charge in [0.05, 0.1) is 12.5 Å². The molecule has 2 amide bonds. The normalized spacial score (nSPS) is 23.1. The number of hydrogen-bond donors (Lipinski definition) is 0. The van der Waals surface area contributed by atoms with Crippen molar-refractivity contribution >= 4 is 38.6 Å². The Morgan fingerprint density at radius 2 is 1.68 bits per heavy atom. The molecule has 0 bridgehead atoms. The molecule has 1 aliphatic carbocycles. The van der Waals surface area contributed by atoms with Crippen LogP contribution in [0.1, 0.15) is 37.7 Å². The minimum absolute atomic E-state index is 0.0536.